The van der Waals surface area contributed by atoms with Crippen molar-refractivity contribution in [1.29, 1.82) is 0 Å². The smallest absolute Gasteiger partial charge is 0.247 e. The number of carbonyl (C=O) groups is 3. The molecule has 3 amide bonds. The standard InChI is InChI=1S/C19H17FN2O4S/c1-26-15-8-4-13(5-9-15)21-17(23)11-27-16-10-18(24)22(19(16)25)14-6-2-12(20)3-7-14/h2-9,16H,10-11H2,1H3,(H,21,23)/t16-/m0/s1. The summed E-state index contributed by atoms with van der Waals surface area (Å²) in [4.78, 5) is 37.8. The summed E-state index contributed by atoms with van der Waals surface area (Å²) < 4.78 is 18.1. The summed E-state index contributed by atoms with van der Waals surface area (Å²) in [5.74, 6) is -0.760. The Morgan fingerprint density at radius 1 is 1.19 bits per heavy atom. The van der Waals surface area contributed by atoms with Crippen LogP contribution >= 0.6 is 11.8 Å². The minimum Gasteiger partial charge on any atom is -0.497 e. The van der Waals surface area contributed by atoms with E-state index >= 15 is 0 Å². The second kappa shape index (κ2) is 8.22. The minimum atomic E-state index is -0.635. The number of nitrogens with one attached hydrogen (secondary N) is 1. The van der Waals surface area contributed by atoms with E-state index in [2.05, 4.69) is 5.32 Å². The monoisotopic (exact) mass is 388 g/mol. The van der Waals surface area contributed by atoms with Gasteiger partial charge in [-0.3, -0.25) is 14.4 Å². The lowest BCUT2D eigenvalue weighted by atomic mass is 10.3. The largest absolute Gasteiger partial charge is 0.497 e. The number of amides is 3. The molecule has 0 aliphatic carbocycles. The van der Waals surface area contributed by atoms with Crippen LogP contribution in [0.1, 0.15) is 6.42 Å². The SMILES string of the molecule is COc1ccc(NC(=O)CS[C@H]2CC(=O)N(c3ccc(F)cc3)C2=O)cc1. The number of ether oxygens (including phenoxy) is 1. The molecule has 1 heterocycles. The second-order valence-corrected chi connectivity index (χ2v) is 7.02. The number of carbonyl (C=O) groups excluding carboxylic acids is 3. The molecule has 0 unspecified atom stereocenters. The van der Waals surface area contributed by atoms with Gasteiger partial charge >= 0.3 is 0 Å². The van der Waals surface area contributed by atoms with Gasteiger partial charge < -0.3 is 10.1 Å². The number of hydrogen-bond acceptors (Lipinski definition) is 5. The van der Waals surface area contributed by atoms with E-state index in [0.29, 0.717) is 17.1 Å². The molecule has 6 nitrogen and oxygen atoms in total. The molecule has 0 saturated carbocycles. The maximum atomic E-state index is 13.0. The lowest BCUT2D eigenvalue weighted by Gasteiger charge is -2.14. The molecule has 27 heavy (non-hydrogen) atoms. The lowest BCUT2D eigenvalue weighted by molar-refractivity contribution is -0.121. The van der Waals surface area contributed by atoms with Crippen LogP contribution in [-0.4, -0.2) is 35.8 Å². The van der Waals surface area contributed by atoms with Gasteiger partial charge in [-0.1, -0.05) is 0 Å². The molecular formula is C19H17FN2O4S. The molecule has 1 saturated heterocycles. The van der Waals surface area contributed by atoms with Crippen molar-refractivity contribution in [1.82, 2.24) is 0 Å². The van der Waals surface area contributed by atoms with Gasteiger partial charge in [0.05, 0.1) is 23.8 Å². The molecule has 0 spiro atoms. The fourth-order valence-electron chi connectivity index (χ4n) is 2.64. The highest BCUT2D eigenvalue weighted by atomic mass is 32.2. The van der Waals surface area contributed by atoms with Crippen LogP contribution in [0, 0.1) is 5.82 Å². The molecule has 1 aliphatic heterocycles. The normalized spacial score (nSPS) is 16.5. The van der Waals surface area contributed by atoms with Crippen molar-refractivity contribution in [3.8, 4) is 5.75 Å². The van der Waals surface area contributed by atoms with Crippen LogP contribution in [0.15, 0.2) is 48.5 Å². The Balaban J connectivity index is 1.56. The number of halogens is 1. The maximum absolute atomic E-state index is 13.0. The van der Waals surface area contributed by atoms with Crippen LogP contribution in [-0.2, 0) is 14.4 Å². The number of benzene rings is 2. The Bertz CT molecular complexity index is 855. The van der Waals surface area contributed by atoms with Gasteiger partial charge in [0, 0.05) is 12.1 Å². The third kappa shape index (κ3) is 4.46. The van der Waals surface area contributed by atoms with Gasteiger partial charge in [-0.05, 0) is 48.5 Å². The summed E-state index contributed by atoms with van der Waals surface area (Å²) in [5.41, 5.74) is 0.945. The molecule has 1 aliphatic rings. The van der Waals surface area contributed by atoms with Crippen LogP contribution in [0.5, 0.6) is 5.75 Å². The molecule has 2 aromatic rings. The number of methoxy groups -OCH3 is 1. The number of imide groups is 1. The highest BCUT2D eigenvalue weighted by Crippen LogP contribution is 2.29. The van der Waals surface area contributed by atoms with Crippen molar-refractivity contribution in [2.24, 2.45) is 0 Å². The highest BCUT2D eigenvalue weighted by molar-refractivity contribution is 8.01. The van der Waals surface area contributed by atoms with E-state index in [9.17, 15) is 18.8 Å². The van der Waals surface area contributed by atoms with E-state index in [1.54, 1.807) is 31.4 Å². The van der Waals surface area contributed by atoms with Crippen molar-refractivity contribution in [2.45, 2.75) is 11.7 Å². The quantitative estimate of drug-likeness (QED) is 0.770. The third-order valence-corrected chi connectivity index (χ3v) is 5.18. The first kappa shape index (κ1) is 18.9. The van der Waals surface area contributed by atoms with Crippen LogP contribution in [0.2, 0.25) is 0 Å². The van der Waals surface area contributed by atoms with Crippen LogP contribution in [0.4, 0.5) is 15.8 Å². The molecule has 140 valence electrons. The van der Waals surface area contributed by atoms with E-state index in [-0.39, 0.29) is 24.0 Å². The fourth-order valence-corrected chi connectivity index (χ4v) is 3.58. The van der Waals surface area contributed by atoms with Gasteiger partial charge in [-0.2, -0.15) is 0 Å². The number of rotatable bonds is 6. The van der Waals surface area contributed by atoms with E-state index in [1.807, 2.05) is 0 Å². The van der Waals surface area contributed by atoms with Crippen LogP contribution < -0.4 is 15.0 Å². The number of anilines is 2. The molecule has 0 aromatic heterocycles. The fraction of sp³-hybridized carbons (Fsp3) is 0.211. The lowest BCUT2D eigenvalue weighted by Crippen LogP contribution is -2.31. The summed E-state index contributed by atoms with van der Waals surface area (Å²) in [7, 11) is 1.55. The molecule has 3 rings (SSSR count). The van der Waals surface area contributed by atoms with E-state index < -0.39 is 17.0 Å². The molecule has 0 radical (unpaired) electrons. The zero-order valence-electron chi connectivity index (χ0n) is 14.5. The average Bonchev–Trinajstić information content (AvgIpc) is 2.95. The van der Waals surface area contributed by atoms with Crippen molar-refractivity contribution >= 4 is 40.9 Å². The minimum absolute atomic E-state index is 0.0106. The average molecular weight is 388 g/mol. The summed E-state index contributed by atoms with van der Waals surface area (Å²) in [5, 5.41) is 2.09. The van der Waals surface area contributed by atoms with Crippen molar-refractivity contribution in [2.75, 3.05) is 23.1 Å². The van der Waals surface area contributed by atoms with Gasteiger partial charge in [0.15, 0.2) is 0 Å². The van der Waals surface area contributed by atoms with E-state index in [0.717, 1.165) is 16.7 Å². The Labute approximate surface area is 159 Å². The highest BCUT2D eigenvalue weighted by Gasteiger charge is 2.40. The van der Waals surface area contributed by atoms with E-state index in [4.69, 9.17) is 4.74 Å². The zero-order chi connectivity index (χ0) is 19.4. The van der Waals surface area contributed by atoms with Crippen molar-refractivity contribution in [3.05, 3.63) is 54.3 Å². The molecule has 1 N–H and O–H groups in total. The summed E-state index contributed by atoms with van der Waals surface area (Å²) >= 11 is 1.11. The maximum Gasteiger partial charge on any atom is 0.247 e. The van der Waals surface area contributed by atoms with E-state index in [1.165, 1.54) is 24.3 Å². The van der Waals surface area contributed by atoms with Crippen LogP contribution in [0.25, 0.3) is 0 Å². The number of hydrogen-bond donors (Lipinski definition) is 1. The van der Waals surface area contributed by atoms with Crippen LogP contribution in [0.3, 0.4) is 0 Å². The first-order chi connectivity index (χ1) is 13.0. The van der Waals surface area contributed by atoms with Gasteiger partial charge in [0.1, 0.15) is 11.6 Å². The first-order valence-electron chi connectivity index (χ1n) is 8.16. The topological polar surface area (TPSA) is 75.7 Å². The first-order valence-corrected chi connectivity index (χ1v) is 9.20. The van der Waals surface area contributed by atoms with Gasteiger partial charge in [-0.25, -0.2) is 9.29 Å². The Morgan fingerprint density at radius 2 is 1.85 bits per heavy atom. The zero-order valence-corrected chi connectivity index (χ0v) is 15.3. The summed E-state index contributed by atoms with van der Waals surface area (Å²) in [6.07, 6.45) is 0.0106. The predicted octanol–water partition coefficient (Wildman–Crippen LogP) is 2.84. The Kier molecular flexibility index (Phi) is 5.75. The molecule has 8 heteroatoms. The molecular weight excluding hydrogens is 371 g/mol. The molecule has 0 bridgehead atoms. The van der Waals surface area contributed by atoms with Crippen molar-refractivity contribution < 1.29 is 23.5 Å². The van der Waals surface area contributed by atoms with Gasteiger partial charge in [0.25, 0.3) is 0 Å². The summed E-state index contributed by atoms with van der Waals surface area (Å²) in [6, 6.07) is 12.0. The Morgan fingerprint density at radius 3 is 2.48 bits per heavy atom. The van der Waals surface area contributed by atoms with Gasteiger partial charge in [-0.15, -0.1) is 11.8 Å². The van der Waals surface area contributed by atoms with Crippen molar-refractivity contribution in [3.63, 3.8) is 0 Å². The van der Waals surface area contributed by atoms with Gasteiger partial charge in [0.2, 0.25) is 17.7 Å². The predicted molar refractivity (Wildman–Crippen MR) is 101 cm³/mol. The third-order valence-electron chi connectivity index (χ3n) is 3.98. The Hall–Kier alpha value is -2.87. The molecule has 2 aromatic carbocycles. The molecule has 1 fully saturated rings. The summed E-state index contributed by atoms with van der Waals surface area (Å²) in [6.45, 7) is 0. The number of nitrogens with zero attached hydrogens (tertiary/aromatic N) is 1. The second-order valence-electron chi connectivity index (χ2n) is 5.82. The molecule has 1 atom stereocenters. The number of thioether (sulfide) groups is 1.